The van der Waals surface area contributed by atoms with Crippen LogP contribution in [0.1, 0.15) is 32.6 Å². The van der Waals surface area contributed by atoms with Gasteiger partial charge in [-0.1, -0.05) is 6.92 Å². The molecule has 0 radical (unpaired) electrons. The van der Waals surface area contributed by atoms with Crippen LogP contribution in [0, 0.1) is 16.0 Å². The van der Waals surface area contributed by atoms with E-state index < -0.39 is 10.5 Å². The van der Waals surface area contributed by atoms with Gasteiger partial charge in [-0.05, 0) is 37.7 Å². The maximum absolute atomic E-state index is 10.9. The zero-order chi connectivity index (χ0) is 14.8. The van der Waals surface area contributed by atoms with Crippen LogP contribution in [0.25, 0.3) is 0 Å². The summed E-state index contributed by atoms with van der Waals surface area (Å²) in [7, 11) is 0. The lowest BCUT2D eigenvalue weighted by molar-refractivity contribution is -0.384. The average Bonchev–Trinajstić information content (AvgIpc) is 2.41. The van der Waals surface area contributed by atoms with Crippen molar-refractivity contribution in [1.29, 1.82) is 0 Å². The molecule has 1 fully saturated rings. The molecule has 0 bridgehead atoms. The Hall–Kier alpha value is -1.82. The second kappa shape index (κ2) is 5.66. The molecule has 6 heteroatoms. The number of nitrogens with one attached hydrogen (secondary N) is 1. The largest absolute Gasteiger partial charge is 0.398 e. The highest BCUT2D eigenvalue weighted by molar-refractivity contribution is 5.62. The van der Waals surface area contributed by atoms with Crippen LogP contribution in [0.15, 0.2) is 18.2 Å². The van der Waals surface area contributed by atoms with Gasteiger partial charge in [-0.3, -0.25) is 10.1 Å². The molecule has 1 aromatic rings. The van der Waals surface area contributed by atoms with Crippen molar-refractivity contribution in [2.75, 3.05) is 17.7 Å². The summed E-state index contributed by atoms with van der Waals surface area (Å²) in [4.78, 5) is 10.4. The standard InChI is InChI=1S/C14H21N3O3/c1-10-2-4-14(9-18,5-3-10)16-12-6-11(15)7-13(8-12)17(19)20/h6-8,10,16,18H,2-5,9,15H2,1H3. The number of non-ortho nitro benzene ring substituents is 1. The lowest BCUT2D eigenvalue weighted by atomic mass is 9.77. The van der Waals surface area contributed by atoms with Gasteiger partial charge in [-0.2, -0.15) is 0 Å². The molecular weight excluding hydrogens is 258 g/mol. The third-order valence-electron chi connectivity index (χ3n) is 4.09. The molecule has 6 nitrogen and oxygen atoms in total. The molecule has 0 saturated heterocycles. The number of hydrogen-bond donors (Lipinski definition) is 3. The van der Waals surface area contributed by atoms with Crippen molar-refractivity contribution in [3.8, 4) is 0 Å². The van der Waals surface area contributed by atoms with E-state index in [1.807, 2.05) is 0 Å². The molecule has 0 unspecified atom stereocenters. The summed E-state index contributed by atoms with van der Waals surface area (Å²) in [5.74, 6) is 0.659. The number of benzene rings is 1. The van der Waals surface area contributed by atoms with Crippen LogP contribution in [0.2, 0.25) is 0 Å². The van der Waals surface area contributed by atoms with E-state index >= 15 is 0 Å². The molecule has 1 aromatic carbocycles. The first-order chi connectivity index (χ1) is 9.44. The van der Waals surface area contributed by atoms with E-state index in [0.717, 1.165) is 25.7 Å². The number of anilines is 2. The second-order valence-electron chi connectivity index (χ2n) is 5.82. The number of nitrogens with two attached hydrogens (primary N) is 1. The number of rotatable bonds is 4. The van der Waals surface area contributed by atoms with Gasteiger partial charge in [0.2, 0.25) is 0 Å². The summed E-state index contributed by atoms with van der Waals surface area (Å²) < 4.78 is 0. The molecule has 4 N–H and O–H groups in total. The summed E-state index contributed by atoms with van der Waals surface area (Å²) in [5.41, 5.74) is 6.21. The van der Waals surface area contributed by atoms with Crippen LogP contribution < -0.4 is 11.1 Å². The summed E-state index contributed by atoms with van der Waals surface area (Å²) in [6.07, 6.45) is 3.79. The number of hydrogen-bond acceptors (Lipinski definition) is 5. The van der Waals surface area contributed by atoms with Gasteiger partial charge < -0.3 is 16.2 Å². The first-order valence-electron chi connectivity index (χ1n) is 6.88. The minimum absolute atomic E-state index is 0.0162. The van der Waals surface area contributed by atoms with Crippen molar-refractivity contribution in [2.24, 2.45) is 5.92 Å². The number of nitro benzene ring substituents is 1. The Labute approximate surface area is 118 Å². The zero-order valence-corrected chi connectivity index (χ0v) is 11.6. The van der Waals surface area contributed by atoms with Crippen LogP contribution in [0.5, 0.6) is 0 Å². The quantitative estimate of drug-likeness (QED) is 0.446. The maximum atomic E-state index is 10.9. The fourth-order valence-electron chi connectivity index (χ4n) is 2.76. The third-order valence-corrected chi connectivity index (χ3v) is 4.09. The number of aliphatic hydroxyl groups excluding tert-OH is 1. The van der Waals surface area contributed by atoms with Gasteiger partial charge in [-0.15, -0.1) is 0 Å². The van der Waals surface area contributed by atoms with E-state index in [-0.39, 0.29) is 12.3 Å². The van der Waals surface area contributed by atoms with E-state index in [1.165, 1.54) is 12.1 Å². The maximum Gasteiger partial charge on any atom is 0.273 e. The normalized spacial score (nSPS) is 26.2. The van der Waals surface area contributed by atoms with Crippen LogP contribution in [0.4, 0.5) is 17.1 Å². The Balaban J connectivity index is 2.21. The smallest absolute Gasteiger partial charge is 0.273 e. The SMILES string of the molecule is CC1CCC(CO)(Nc2cc(N)cc([N+](=O)[O-])c2)CC1. The van der Waals surface area contributed by atoms with E-state index in [0.29, 0.717) is 17.3 Å². The molecule has 1 saturated carbocycles. The van der Waals surface area contributed by atoms with Gasteiger partial charge in [0.15, 0.2) is 0 Å². The molecule has 0 spiro atoms. The first kappa shape index (κ1) is 14.6. The lowest BCUT2D eigenvalue weighted by Crippen LogP contribution is -2.45. The van der Waals surface area contributed by atoms with E-state index in [9.17, 15) is 15.2 Å². The molecule has 0 amide bonds. The Bertz CT molecular complexity index is 496. The Morgan fingerprint density at radius 3 is 2.65 bits per heavy atom. The molecule has 2 rings (SSSR count). The summed E-state index contributed by atoms with van der Waals surface area (Å²) in [5, 5.41) is 23.8. The number of aliphatic hydroxyl groups is 1. The molecular formula is C14H21N3O3. The highest BCUT2D eigenvalue weighted by Crippen LogP contribution is 2.35. The summed E-state index contributed by atoms with van der Waals surface area (Å²) in [6.45, 7) is 2.22. The van der Waals surface area contributed by atoms with E-state index in [1.54, 1.807) is 6.07 Å². The third kappa shape index (κ3) is 3.19. The van der Waals surface area contributed by atoms with E-state index in [4.69, 9.17) is 5.73 Å². The number of nitrogens with zero attached hydrogens (tertiary/aromatic N) is 1. The predicted octanol–water partition coefficient (Wildman–Crippen LogP) is 2.53. The minimum atomic E-state index is -0.462. The molecule has 0 aliphatic heterocycles. The fraction of sp³-hybridized carbons (Fsp3) is 0.571. The summed E-state index contributed by atoms with van der Waals surface area (Å²) >= 11 is 0. The second-order valence-corrected chi connectivity index (χ2v) is 5.82. The average molecular weight is 279 g/mol. The topological polar surface area (TPSA) is 101 Å². The van der Waals surface area contributed by atoms with Gasteiger partial charge in [-0.25, -0.2) is 0 Å². The minimum Gasteiger partial charge on any atom is -0.398 e. The van der Waals surface area contributed by atoms with Crippen molar-refractivity contribution in [1.82, 2.24) is 0 Å². The monoisotopic (exact) mass is 279 g/mol. The molecule has 1 aliphatic carbocycles. The van der Waals surface area contributed by atoms with Crippen LogP contribution in [0.3, 0.4) is 0 Å². The molecule has 20 heavy (non-hydrogen) atoms. The summed E-state index contributed by atoms with van der Waals surface area (Å²) in [6, 6.07) is 4.47. The Kier molecular flexibility index (Phi) is 4.13. The Morgan fingerprint density at radius 1 is 1.45 bits per heavy atom. The molecule has 0 heterocycles. The number of nitro groups is 1. The molecule has 110 valence electrons. The van der Waals surface area contributed by atoms with Crippen LogP contribution in [-0.2, 0) is 0 Å². The van der Waals surface area contributed by atoms with Crippen molar-refractivity contribution < 1.29 is 10.0 Å². The highest BCUT2D eigenvalue weighted by Gasteiger charge is 2.33. The molecule has 0 aromatic heterocycles. The van der Waals surface area contributed by atoms with Gasteiger partial charge in [0, 0.05) is 23.5 Å². The highest BCUT2D eigenvalue weighted by atomic mass is 16.6. The zero-order valence-electron chi connectivity index (χ0n) is 11.6. The van der Waals surface area contributed by atoms with Crippen molar-refractivity contribution in [3.63, 3.8) is 0 Å². The van der Waals surface area contributed by atoms with Gasteiger partial charge in [0.1, 0.15) is 0 Å². The van der Waals surface area contributed by atoms with Crippen molar-refractivity contribution >= 4 is 17.1 Å². The van der Waals surface area contributed by atoms with Gasteiger partial charge in [0.25, 0.3) is 5.69 Å². The van der Waals surface area contributed by atoms with E-state index in [2.05, 4.69) is 12.2 Å². The first-order valence-corrected chi connectivity index (χ1v) is 6.88. The van der Waals surface area contributed by atoms with Crippen LogP contribution >= 0.6 is 0 Å². The van der Waals surface area contributed by atoms with Crippen LogP contribution in [-0.4, -0.2) is 22.2 Å². The van der Waals surface area contributed by atoms with Crippen molar-refractivity contribution in [3.05, 3.63) is 28.3 Å². The van der Waals surface area contributed by atoms with Gasteiger partial charge >= 0.3 is 0 Å². The fourth-order valence-corrected chi connectivity index (χ4v) is 2.76. The van der Waals surface area contributed by atoms with Crippen molar-refractivity contribution in [2.45, 2.75) is 38.1 Å². The molecule has 0 atom stereocenters. The van der Waals surface area contributed by atoms with Gasteiger partial charge in [0.05, 0.1) is 17.1 Å². The number of nitrogen functional groups attached to an aromatic ring is 1. The predicted molar refractivity (Wildman–Crippen MR) is 78.6 cm³/mol. The Morgan fingerprint density at radius 2 is 2.10 bits per heavy atom. The lowest BCUT2D eigenvalue weighted by Gasteiger charge is -2.39. The molecule has 1 aliphatic rings.